The predicted octanol–water partition coefficient (Wildman–Crippen LogP) is 8.99. The van der Waals surface area contributed by atoms with Gasteiger partial charge in [-0.2, -0.15) is 0 Å². The molecule has 2 N–H and O–H groups in total. The lowest BCUT2D eigenvalue weighted by molar-refractivity contribution is -0.154. The molecular formula is C38H47BrN2O6. The van der Waals surface area contributed by atoms with Crippen molar-refractivity contribution in [2.75, 3.05) is 0 Å². The largest absolute Gasteiger partial charge is 0.460 e. The molecule has 4 aromatic rings. The molecule has 252 valence electrons. The Kier molecular flexibility index (Phi) is 14.9. The third kappa shape index (κ3) is 15.0. The highest BCUT2D eigenvalue weighted by Crippen LogP contribution is 2.22. The highest BCUT2D eigenvalue weighted by molar-refractivity contribution is 9.10. The van der Waals surface area contributed by atoms with Crippen LogP contribution in [0.3, 0.4) is 0 Å². The fourth-order valence-electron chi connectivity index (χ4n) is 4.02. The Labute approximate surface area is 286 Å². The zero-order chi connectivity index (χ0) is 35.4. The fourth-order valence-corrected chi connectivity index (χ4v) is 4.40. The Bertz CT molecular complexity index is 1680. The van der Waals surface area contributed by atoms with Gasteiger partial charge in [-0.1, -0.05) is 40.2 Å². The van der Waals surface area contributed by atoms with Crippen molar-refractivity contribution in [3.63, 3.8) is 0 Å². The van der Waals surface area contributed by atoms with Crippen LogP contribution in [0.1, 0.15) is 97.1 Å². The number of aliphatic hydroxyl groups excluding tert-OH is 2. The number of nitrogens with zero attached hydrogens (tertiary/aromatic N) is 2. The molecule has 0 unspecified atom stereocenters. The summed E-state index contributed by atoms with van der Waals surface area (Å²) < 4.78 is 11.3. The molecule has 0 amide bonds. The highest BCUT2D eigenvalue weighted by atomic mass is 79.9. The lowest BCUT2D eigenvalue weighted by Gasteiger charge is -2.18. The van der Waals surface area contributed by atoms with Gasteiger partial charge in [0.05, 0.1) is 36.1 Å². The number of rotatable bonds is 7. The van der Waals surface area contributed by atoms with Gasteiger partial charge in [0.15, 0.2) is 0 Å². The second kappa shape index (κ2) is 17.8. The number of hydrogen-bond acceptors (Lipinski definition) is 8. The Morgan fingerprint density at radius 3 is 1.72 bits per heavy atom. The number of esters is 2. The van der Waals surface area contributed by atoms with E-state index in [9.17, 15) is 19.8 Å². The summed E-state index contributed by atoms with van der Waals surface area (Å²) in [6.07, 6.45) is 8.13. The van der Waals surface area contributed by atoms with Gasteiger partial charge in [-0.25, -0.2) is 0 Å². The molecule has 2 aromatic carbocycles. The van der Waals surface area contributed by atoms with Crippen molar-refractivity contribution in [2.24, 2.45) is 0 Å². The maximum absolute atomic E-state index is 11.7. The van der Waals surface area contributed by atoms with Crippen LogP contribution in [0.5, 0.6) is 0 Å². The van der Waals surface area contributed by atoms with Gasteiger partial charge < -0.3 is 19.7 Å². The number of carbonyl (C=O) groups excluding carboxylic acids is 2. The van der Waals surface area contributed by atoms with Gasteiger partial charge in [-0.3, -0.25) is 19.6 Å². The average Bonchev–Trinajstić information content (AvgIpc) is 2.95. The number of aromatic nitrogens is 2. The normalized spacial score (nSPS) is 12.7. The summed E-state index contributed by atoms with van der Waals surface area (Å²) in [6, 6.07) is 15.6. The summed E-state index contributed by atoms with van der Waals surface area (Å²) >= 11 is 3.40. The third-order valence-electron chi connectivity index (χ3n) is 6.10. The van der Waals surface area contributed by atoms with Gasteiger partial charge in [-0.05, 0) is 115 Å². The van der Waals surface area contributed by atoms with Gasteiger partial charge in [0.1, 0.15) is 11.2 Å². The highest BCUT2D eigenvalue weighted by Gasteiger charge is 2.15. The maximum Gasteiger partial charge on any atom is 0.310 e. The number of halogens is 1. The van der Waals surface area contributed by atoms with Crippen molar-refractivity contribution in [1.82, 2.24) is 9.97 Å². The number of ether oxygens (including phenoxy) is 2. The molecule has 2 aromatic heterocycles. The molecule has 8 nitrogen and oxygen atoms in total. The average molecular weight is 708 g/mol. The van der Waals surface area contributed by atoms with Crippen molar-refractivity contribution < 1.29 is 29.3 Å². The van der Waals surface area contributed by atoms with Crippen molar-refractivity contribution in [3.05, 3.63) is 101 Å². The van der Waals surface area contributed by atoms with Gasteiger partial charge in [-0.15, -0.1) is 6.58 Å². The van der Waals surface area contributed by atoms with Crippen molar-refractivity contribution in [1.29, 1.82) is 0 Å². The Morgan fingerprint density at radius 2 is 1.26 bits per heavy atom. The van der Waals surface area contributed by atoms with E-state index in [2.05, 4.69) is 32.5 Å². The van der Waals surface area contributed by atoms with Gasteiger partial charge in [0, 0.05) is 27.6 Å². The maximum atomic E-state index is 11.7. The van der Waals surface area contributed by atoms with Crippen LogP contribution in [0.4, 0.5) is 0 Å². The molecule has 2 heterocycles. The smallest absolute Gasteiger partial charge is 0.310 e. The molecule has 0 radical (unpaired) electrons. The van der Waals surface area contributed by atoms with E-state index in [-0.39, 0.29) is 30.4 Å². The first kappa shape index (κ1) is 39.3. The van der Waals surface area contributed by atoms with Crippen molar-refractivity contribution >= 4 is 55.8 Å². The van der Waals surface area contributed by atoms with Crippen LogP contribution in [0, 0.1) is 0 Å². The monoisotopic (exact) mass is 706 g/mol. The van der Waals surface area contributed by atoms with Crippen molar-refractivity contribution in [3.8, 4) is 0 Å². The zero-order valence-corrected chi connectivity index (χ0v) is 30.2. The van der Waals surface area contributed by atoms with E-state index >= 15 is 0 Å². The molecule has 47 heavy (non-hydrogen) atoms. The molecule has 0 aliphatic rings. The van der Waals surface area contributed by atoms with Crippen molar-refractivity contribution in [2.45, 2.75) is 91.6 Å². The summed E-state index contributed by atoms with van der Waals surface area (Å²) in [7, 11) is 0. The topological polar surface area (TPSA) is 119 Å². The van der Waals surface area contributed by atoms with Crippen LogP contribution in [0.25, 0.3) is 27.9 Å². The van der Waals surface area contributed by atoms with E-state index in [1.807, 2.05) is 96.1 Å². The second-order valence-corrected chi connectivity index (χ2v) is 13.9. The van der Waals surface area contributed by atoms with Gasteiger partial charge >= 0.3 is 11.9 Å². The molecule has 9 heteroatoms. The first-order valence-electron chi connectivity index (χ1n) is 15.4. The minimum absolute atomic E-state index is 0.220. The van der Waals surface area contributed by atoms with E-state index in [4.69, 9.17) is 9.47 Å². The molecule has 0 saturated heterocycles. The quantitative estimate of drug-likeness (QED) is 0.144. The summed E-state index contributed by atoms with van der Waals surface area (Å²) in [5.41, 5.74) is 3.58. The number of aliphatic hydroxyl groups is 2. The Hall–Kier alpha value is -3.92. The van der Waals surface area contributed by atoms with Crippen LogP contribution in [-0.4, -0.2) is 43.3 Å². The molecule has 4 rings (SSSR count). The number of pyridine rings is 2. The molecule has 0 aliphatic heterocycles. The van der Waals surface area contributed by atoms with E-state index in [0.717, 1.165) is 43.0 Å². The molecule has 0 bridgehead atoms. The minimum atomic E-state index is -0.543. The summed E-state index contributed by atoms with van der Waals surface area (Å²) in [4.78, 5) is 31.0. The van der Waals surface area contributed by atoms with Gasteiger partial charge in [0.25, 0.3) is 0 Å². The predicted molar refractivity (Wildman–Crippen MR) is 193 cm³/mol. The number of hydrogen-bond donors (Lipinski definition) is 2. The Morgan fingerprint density at radius 1 is 0.787 bits per heavy atom. The number of benzene rings is 2. The van der Waals surface area contributed by atoms with Crippen LogP contribution < -0.4 is 0 Å². The summed E-state index contributed by atoms with van der Waals surface area (Å²) in [5, 5.41) is 21.0. The van der Waals surface area contributed by atoms with Crippen LogP contribution >= 0.6 is 15.9 Å². The summed E-state index contributed by atoms with van der Waals surface area (Å²) in [5.74, 6) is -0.463. The number of carbonyl (C=O) groups is 2. The first-order valence-corrected chi connectivity index (χ1v) is 16.2. The summed E-state index contributed by atoms with van der Waals surface area (Å²) in [6.45, 7) is 18.0. The fraction of sp³-hybridized carbons (Fsp3) is 0.368. The molecule has 0 spiro atoms. The Balaban J connectivity index is 0.000000272. The second-order valence-electron chi connectivity index (χ2n) is 13.0. The van der Waals surface area contributed by atoms with Crippen LogP contribution in [0.2, 0.25) is 0 Å². The molecule has 0 saturated carbocycles. The van der Waals surface area contributed by atoms with Crippen LogP contribution in [0.15, 0.2) is 84.1 Å². The van der Waals surface area contributed by atoms with E-state index < -0.39 is 17.8 Å². The lowest BCUT2D eigenvalue weighted by Crippen LogP contribution is -2.23. The van der Waals surface area contributed by atoms with E-state index in [0.29, 0.717) is 0 Å². The third-order valence-corrected chi connectivity index (χ3v) is 6.59. The molecule has 2 atom stereocenters. The number of fused-ring (bicyclic) bond motifs is 2. The van der Waals surface area contributed by atoms with E-state index in [1.165, 1.54) is 6.08 Å². The van der Waals surface area contributed by atoms with Crippen LogP contribution in [-0.2, 0) is 19.1 Å². The zero-order valence-electron chi connectivity index (χ0n) is 28.6. The lowest BCUT2D eigenvalue weighted by atomic mass is 10.1. The molecular weight excluding hydrogens is 660 g/mol. The first-order chi connectivity index (χ1) is 21.9. The SMILES string of the molecule is C=CCC(=O)OC(C)(C)C.C[C@@H](O)c1cnc2ccc(/C=C/CC(=O)OC(C)(C)C)cc2c1.C[C@@H](O)c1cnc2ccc(Br)cc2c1. The van der Waals surface area contributed by atoms with E-state index in [1.54, 1.807) is 32.3 Å². The van der Waals surface area contributed by atoms with Gasteiger partial charge in [0.2, 0.25) is 0 Å². The standard InChI is InChI=1S/C19H23NO3.C11H10BrNO.C8H14O2/c1-13(21)16-11-15-10-14(8-9-17(15)20-12-16)6-5-7-18(22)23-19(2,3)4;1-7(14)9-4-8-5-10(12)2-3-11(8)13-6-9;1-5-6-7(9)10-8(2,3)4/h5-6,8-13,21H,7H2,1-4H3;2-7,14H,1H3;5H,1,6H2,2-4H3/b6-5+;;/t13-;7-;/m11./s1. The molecule has 0 fully saturated rings. The molecule has 0 aliphatic carbocycles. The minimum Gasteiger partial charge on any atom is -0.460 e.